The Morgan fingerprint density at radius 2 is 0.875 bits per heavy atom. The molecule has 0 saturated heterocycles. The molecule has 0 aliphatic rings. The minimum Gasteiger partial charge on any atom is -0.394 e. The lowest BCUT2D eigenvalue weighted by Crippen LogP contribution is -2.28. The van der Waals surface area contributed by atoms with Crippen molar-refractivity contribution in [2.75, 3.05) is 79.8 Å². The molecule has 32 heavy (non-hydrogen) atoms. The summed E-state index contributed by atoms with van der Waals surface area (Å²) in [5.41, 5.74) is 0. The second-order valence-electron chi connectivity index (χ2n) is 7.55. The van der Waals surface area contributed by atoms with Crippen molar-refractivity contribution in [1.82, 2.24) is 0 Å². The third-order valence-corrected chi connectivity index (χ3v) is 3.71. The highest BCUT2D eigenvalue weighted by atomic mass is 16.6. The minimum atomic E-state index is -0.454. The van der Waals surface area contributed by atoms with Crippen LogP contribution in [0.15, 0.2) is 0 Å². The molecule has 0 aliphatic carbocycles. The largest absolute Gasteiger partial charge is 0.394 e. The van der Waals surface area contributed by atoms with E-state index in [0.29, 0.717) is 59.5 Å². The van der Waals surface area contributed by atoms with Crippen LogP contribution in [0.3, 0.4) is 0 Å². The molecular weight excluding hydrogens is 424 g/mol. The van der Waals surface area contributed by atoms with Crippen molar-refractivity contribution in [3.05, 3.63) is 0 Å². The second-order valence-corrected chi connectivity index (χ2v) is 7.55. The summed E-state index contributed by atoms with van der Waals surface area (Å²) in [6, 6.07) is 0. The predicted octanol–water partition coefficient (Wildman–Crippen LogP) is 0.638. The van der Waals surface area contributed by atoms with Crippen LogP contribution in [0.25, 0.3) is 0 Å². The average Bonchev–Trinajstić information content (AvgIpc) is 2.76. The van der Waals surface area contributed by atoms with Gasteiger partial charge in [-0.05, 0) is 34.6 Å². The maximum atomic E-state index is 9.14. The summed E-state index contributed by atoms with van der Waals surface area (Å²) < 4.78 is 37.1. The fraction of sp³-hybridized carbons (Fsp3) is 1.00. The molecule has 0 aromatic rings. The van der Waals surface area contributed by atoms with Crippen molar-refractivity contribution in [3.63, 3.8) is 0 Å². The molecule has 0 fully saturated rings. The number of aliphatic hydroxyl groups excluding tert-OH is 3. The molecule has 196 valence electrons. The maximum Gasteiger partial charge on any atom is 0.0781 e. The molecule has 0 spiro atoms. The van der Waals surface area contributed by atoms with E-state index < -0.39 is 6.10 Å². The first kappa shape index (κ1) is 33.8. The van der Waals surface area contributed by atoms with Crippen molar-refractivity contribution in [3.8, 4) is 0 Å². The third-order valence-electron chi connectivity index (χ3n) is 3.71. The number of ether oxygens (including phenoxy) is 7. The smallest absolute Gasteiger partial charge is 0.0781 e. The van der Waals surface area contributed by atoms with E-state index in [1.165, 1.54) is 0 Å². The Morgan fingerprint density at radius 1 is 0.531 bits per heavy atom. The summed E-state index contributed by atoms with van der Waals surface area (Å²) in [6.45, 7) is 13.7. The van der Waals surface area contributed by atoms with Gasteiger partial charge in [0.25, 0.3) is 0 Å². The van der Waals surface area contributed by atoms with Crippen molar-refractivity contribution < 1.29 is 48.5 Å². The lowest BCUT2D eigenvalue weighted by atomic mass is 10.3. The van der Waals surface area contributed by atoms with Crippen molar-refractivity contribution in [1.29, 1.82) is 0 Å². The Kier molecular flexibility index (Phi) is 26.6. The van der Waals surface area contributed by atoms with Crippen molar-refractivity contribution >= 4 is 0 Å². The van der Waals surface area contributed by atoms with Gasteiger partial charge in [0.2, 0.25) is 0 Å². The molecule has 0 heterocycles. The molecular formula is C22H48O10. The highest BCUT2D eigenvalue weighted by Crippen LogP contribution is 2.02. The standard InChI is InChI=1S/C16H34O6.C6H14O4/c1-12(17)7-19-14(3)9-21-16(5)11-22-15(4)10-20-13(2)8-18-6;7-1-3-9-5-6-10-4-2-8/h12-17H,7-11H2,1-6H3;7-8H,1-6H2. The molecule has 0 amide bonds. The topological polar surface area (TPSA) is 125 Å². The Bertz CT molecular complexity index is 352. The van der Waals surface area contributed by atoms with E-state index in [9.17, 15) is 0 Å². The summed E-state index contributed by atoms with van der Waals surface area (Å²) in [4.78, 5) is 0. The van der Waals surface area contributed by atoms with Gasteiger partial charge in [-0.3, -0.25) is 0 Å². The number of aliphatic hydroxyl groups is 3. The molecule has 0 rings (SSSR count). The van der Waals surface area contributed by atoms with Gasteiger partial charge in [-0.15, -0.1) is 0 Å². The van der Waals surface area contributed by atoms with E-state index in [2.05, 4.69) is 0 Å². The Labute approximate surface area is 194 Å². The molecule has 10 heteroatoms. The molecule has 0 saturated carbocycles. The SMILES string of the molecule is COCC(C)OCC(C)OCC(C)OCC(C)OCC(C)O.OCCOCCOCCO. The van der Waals surface area contributed by atoms with Crippen LogP contribution in [-0.4, -0.2) is 126 Å². The second kappa shape index (κ2) is 25.2. The Hall–Kier alpha value is -0.400. The van der Waals surface area contributed by atoms with E-state index in [0.717, 1.165) is 0 Å². The first-order chi connectivity index (χ1) is 15.3. The van der Waals surface area contributed by atoms with Crippen molar-refractivity contribution in [2.45, 2.75) is 65.1 Å². The van der Waals surface area contributed by atoms with E-state index in [1.807, 2.05) is 27.7 Å². The summed E-state index contributed by atoms with van der Waals surface area (Å²) in [7, 11) is 1.66. The van der Waals surface area contributed by atoms with Crippen LogP contribution < -0.4 is 0 Å². The van der Waals surface area contributed by atoms with Crippen molar-refractivity contribution in [2.24, 2.45) is 0 Å². The fourth-order valence-electron chi connectivity index (χ4n) is 2.08. The lowest BCUT2D eigenvalue weighted by Gasteiger charge is -2.21. The van der Waals surface area contributed by atoms with Gasteiger partial charge in [0, 0.05) is 7.11 Å². The van der Waals surface area contributed by atoms with E-state index >= 15 is 0 Å². The molecule has 3 N–H and O–H groups in total. The first-order valence-corrected chi connectivity index (χ1v) is 11.3. The Morgan fingerprint density at radius 3 is 1.19 bits per heavy atom. The van der Waals surface area contributed by atoms with Crippen LogP contribution >= 0.6 is 0 Å². The zero-order valence-electron chi connectivity index (χ0n) is 20.9. The van der Waals surface area contributed by atoms with Crippen LogP contribution in [0.5, 0.6) is 0 Å². The maximum absolute atomic E-state index is 9.14. The molecule has 0 bridgehead atoms. The van der Waals surface area contributed by atoms with Gasteiger partial charge in [0.05, 0.1) is 103 Å². The highest BCUT2D eigenvalue weighted by Gasteiger charge is 2.11. The fourth-order valence-corrected chi connectivity index (χ4v) is 2.08. The van der Waals surface area contributed by atoms with Crippen LogP contribution in [-0.2, 0) is 33.2 Å². The summed E-state index contributed by atoms with van der Waals surface area (Å²) >= 11 is 0. The summed E-state index contributed by atoms with van der Waals surface area (Å²) in [5.74, 6) is 0. The molecule has 5 atom stereocenters. The third kappa shape index (κ3) is 27.6. The number of hydrogen-bond donors (Lipinski definition) is 3. The van der Waals surface area contributed by atoms with E-state index in [1.54, 1.807) is 14.0 Å². The van der Waals surface area contributed by atoms with Gasteiger partial charge < -0.3 is 48.5 Å². The summed E-state index contributed by atoms with van der Waals surface area (Å²) in [5, 5.41) is 25.7. The van der Waals surface area contributed by atoms with Gasteiger partial charge in [0.1, 0.15) is 0 Å². The Balaban J connectivity index is 0. The highest BCUT2D eigenvalue weighted by molar-refractivity contribution is 4.57. The van der Waals surface area contributed by atoms with Gasteiger partial charge in [-0.1, -0.05) is 0 Å². The quantitative estimate of drug-likeness (QED) is 0.205. The van der Waals surface area contributed by atoms with Gasteiger partial charge >= 0.3 is 0 Å². The molecule has 0 aromatic heterocycles. The van der Waals surface area contributed by atoms with Gasteiger partial charge in [-0.2, -0.15) is 0 Å². The number of hydrogen-bond acceptors (Lipinski definition) is 10. The van der Waals surface area contributed by atoms with Gasteiger partial charge in [-0.25, -0.2) is 0 Å². The number of methoxy groups -OCH3 is 1. The summed E-state index contributed by atoms with van der Waals surface area (Å²) in [6.07, 6.45) is -0.445. The van der Waals surface area contributed by atoms with Crippen LogP contribution in [0.2, 0.25) is 0 Å². The van der Waals surface area contributed by atoms with E-state index in [4.69, 9.17) is 48.5 Å². The lowest BCUT2D eigenvalue weighted by molar-refractivity contribution is -0.0947. The normalized spacial score (nSPS) is 16.0. The van der Waals surface area contributed by atoms with E-state index in [-0.39, 0.29) is 37.6 Å². The first-order valence-electron chi connectivity index (χ1n) is 11.3. The van der Waals surface area contributed by atoms with Crippen LogP contribution in [0.1, 0.15) is 34.6 Å². The number of rotatable bonds is 21. The van der Waals surface area contributed by atoms with Crippen LogP contribution in [0, 0.1) is 0 Å². The molecule has 0 aromatic carbocycles. The zero-order chi connectivity index (χ0) is 24.6. The monoisotopic (exact) mass is 472 g/mol. The molecule has 10 nitrogen and oxygen atoms in total. The molecule has 5 unspecified atom stereocenters. The predicted molar refractivity (Wildman–Crippen MR) is 121 cm³/mol. The minimum absolute atomic E-state index is 0.00858. The molecule has 0 aliphatic heterocycles. The van der Waals surface area contributed by atoms with Gasteiger partial charge in [0.15, 0.2) is 0 Å². The average molecular weight is 473 g/mol. The molecule has 0 radical (unpaired) electrons. The van der Waals surface area contributed by atoms with Crippen LogP contribution in [0.4, 0.5) is 0 Å². The zero-order valence-corrected chi connectivity index (χ0v) is 20.9.